The van der Waals surface area contributed by atoms with Crippen LogP contribution >= 0.6 is 0 Å². The zero-order valence-electron chi connectivity index (χ0n) is 15.2. The van der Waals surface area contributed by atoms with Gasteiger partial charge in [-0.1, -0.05) is 13.8 Å². The van der Waals surface area contributed by atoms with Crippen molar-refractivity contribution < 1.29 is 18.7 Å². The lowest BCUT2D eigenvalue weighted by Crippen LogP contribution is -2.17. The summed E-state index contributed by atoms with van der Waals surface area (Å²) < 4.78 is 24.0. The van der Waals surface area contributed by atoms with Gasteiger partial charge in [-0.15, -0.1) is 0 Å². The SMILES string of the molecule is COc1ccc(/C=N\NC(=O)c2ccc(OCCC(C)C)cc2)cc1F. The maximum Gasteiger partial charge on any atom is 0.271 e. The number of rotatable bonds is 8. The second-order valence-corrected chi connectivity index (χ2v) is 6.15. The van der Waals surface area contributed by atoms with E-state index >= 15 is 0 Å². The molecule has 2 aromatic carbocycles. The van der Waals surface area contributed by atoms with Crippen LogP contribution < -0.4 is 14.9 Å². The van der Waals surface area contributed by atoms with Crippen LogP contribution in [0.15, 0.2) is 47.6 Å². The molecule has 26 heavy (non-hydrogen) atoms. The summed E-state index contributed by atoms with van der Waals surface area (Å²) in [4.78, 5) is 12.1. The summed E-state index contributed by atoms with van der Waals surface area (Å²) in [6.45, 7) is 4.92. The minimum absolute atomic E-state index is 0.155. The molecule has 0 fully saturated rings. The summed E-state index contributed by atoms with van der Waals surface area (Å²) in [7, 11) is 1.40. The third-order valence-electron chi connectivity index (χ3n) is 3.64. The molecule has 0 bridgehead atoms. The number of nitrogens with zero attached hydrogens (tertiary/aromatic N) is 1. The van der Waals surface area contributed by atoms with Crippen LogP contribution in [0.1, 0.15) is 36.2 Å². The van der Waals surface area contributed by atoms with Gasteiger partial charge in [0.05, 0.1) is 19.9 Å². The maximum atomic E-state index is 13.6. The Kier molecular flexibility index (Phi) is 7.14. The predicted octanol–water partition coefficient (Wildman–Crippen LogP) is 4.02. The van der Waals surface area contributed by atoms with Crippen LogP contribution in [0.2, 0.25) is 0 Å². The van der Waals surface area contributed by atoms with Crippen LogP contribution in [-0.4, -0.2) is 25.8 Å². The molecule has 5 nitrogen and oxygen atoms in total. The smallest absolute Gasteiger partial charge is 0.271 e. The fourth-order valence-electron chi connectivity index (χ4n) is 2.11. The van der Waals surface area contributed by atoms with Crippen molar-refractivity contribution in [3.8, 4) is 11.5 Å². The van der Waals surface area contributed by atoms with Gasteiger partial charge >= 0.3 is 0 Å². The first-order valence-corrected chi connectivity index (χ1v) is 8.39. The fourth-order valence-corrected chi connectivity index (χ4v) is 2.11. The van der Waals surface area contributed by atoms with Gasteiger partial charge < -0.3 is 9.47 Å². The highest BCUT2D eigenvalue weighted by Crippen LogP contribution is 2.16. The molecule has 0 aliphatic rings. The largest absolute Gasteiger partial charge is 0.494 e. The normalized spacial score (nSPS) is 11.0. The van der Waals surface area contributed by atoms with E-state index in [1.54, 1.807) is 30.3 Å². The predicted molar refractivity (Wildman–Crippen MR) is 99.4 cm³/mol. The first-order chi connectivity index (χ1) is 12.5. The summed E-state index contributed by atoms with van der Waals surface area (Å²) in [5.74, 6) is 0.609. The zero-order chi connectivity index (χ0) is 18.9. The van der Waals surface area contributed by atoms with Crippen molar-refractivity contribution in [2.24, 2.45) is 11.0 Å². The summed E-state index contributed by atoms with van der Waals surface area (Å²) in [5.41, 5.74) is 3.38. The third-order valence-corrected chi connectivity index (χ3v) is 3.64. The van der Waals surface area contributed by atoms with Crippen LogP contribution in [0.25, 0.3) is 0 Å². The van der Waals surface area contributed by atoms with Gasteiger partial charge in [0.25, 0.3) is 5.91 Å². The number of amides is 1. The molecule has 0 aliphatic carbocycles. The Morgan fingerprint density at radius 1 is 1.23 bits per heavy atom. The van der Waals surface area contributed by atoms with Gasteiger partial charge in [-0.05, 0) is 60.4 Å². The van der Waals surface area contributed by atoms with Crippen molar-refractivity contribution in [3.05, 3.63) is 59.4 Å². The van der Waals surface area contributed by atoms with Crippen molar-refractivity contribution in [1.29, 1.82) is 0 Å². The van der Waals surface area contributed by atoms with Crippen LogP contribution in [0, 0.1) is 11.7 Å². The lowest BCUT2D eigenvalue weighted by molar-refractivity contribution is 0.0955. The second-order valence-electron chi connectivity index (χ2n) is 6.15. The number of carbonyl (C=O) groups is 1. The second kappa shape index (κ2) is 9.56. The molecule has 2 rings (SSSR count). The molecule has 138 valence electrons. The zero-order valence-corrected chi connectivity index (χ0v) is 15.2. The maximum absolute atomic E-state index is 13.6. The third kappa shape index (κ3) is 5.88. The van der Waals surface area contributed by atoms with E-state index in [-0.39, 0.29) is 11.7 Å². The van der Waals surface area contributed by atoms with Gasteiger partial charge in [0, 0.05) is 5.56 Å². The highest BCUT2D eigenvalue weighted by molar-refractivity contribution is 5.95. The molecule has 0 aliphatic heterocycles. The summed E-state index contributed by atoms with van der Waals surface area (Å²) in [6.07, 6.45) is 2.34. The van der Waals surface area contributed by atoms with Gasteiger partial charge in [-0.3, -0.25) is 4.79 Å². The number of hydrogen-bond acceptors (Lipinski definition) is 4. The number of nitrogens with one attached hydrogen (secondary N) is 1. The van der Waals surface area contributed by atoms with Gasteiger partial charge in [-0.25, -0.2) is 9.82 Å². The van der Waals surface area contributed by atoms with E-state index in [0.717, 1.165) is 12.2 Å². The van der Waals surface area contributed by atoms with Gasteiger partial charge in [-0.2, -0.15) is 5.10 Å². The quantitative estimate of drug-likeness (QED) is 0.573. The van der Waals surface area contributed by atoms with Crippen LogP contribution in [0.3, 0.4) is 0 Å². The van der Waals surface area contributed by atoms with Gasteiger partial charge in [0.1, 0.15) is 5.75 Å². The number of ether oxygens (including phenoxy) is 2. The number of hydrogen-bond donors (Lipinski definition) is 1. The summed E-state index contributed by atoms with van der Waals surface area (Å²) in [5, 5.41) is 3.84. The fraction of sp³-hybridized carbons (Fsp3) is 0.300. The molecule has 0 heterocycles. The minimum Gasteiger partial charge on any atom is -0.494 e. The number of benzene rings is 2. The lowest BCUT2D eigenvalue weighted by atomic mass is 10.1. The highest BCUT2D eigenvalue weighted by atomic mass is 19.1. The summed E-state index contributed by atoms with van der Waals surface area (Å²) in [6, 6.07) is 11.2. The Labute approximate surface area is 152 Å². The average Bonchev–Trinajstić information content (AvgIpc) is 2.62. The van der Waals surface area contributed by atoms with Crippen LogP contribution in [-0.2, 0) is 0 Å². The summed E-state index contributed by atoms with van der Waals surface area (Å²) >= 11 is 0. The molecule has 1 N–H and O–H groups in total. The van der Waals surface area contributed by atoms with E-state index in [2.05, 4.69) is 24.4 Å². The molecule has 0 radical (unpaired) electrons. The van der Waals surface area contributed by atoms with Crippen molar-refractivity contribution in [2.75, 3.05) is 13.7 Å². The van der Waals surface area contributed by atoms with Crippen LogP contribution in [0.4, 0.5) is 4.39 Å². The van der Waals surface area contributed by atoms with E-state index in [1.807, 2.05) is 0 Å². The van der Waals surface area contributed by atoms with E-state index < -0.39 is 5.82 Å². The van der Waals surface area contributed by atoms with Gasteiger partial charge in [0.2, 0.25) is 0 Å². The monoisotopic (exact) mass is 358 g/mol. The molecule has 0 atom stereocenters. The Morgan fingerprint density at radius 2 is 1.96 bits per heavy atom. The molecule has 0 aromatic heterocycles. The standard InChI is InChI=1S/C20H23FN2O3/c1-14(2)10-11-26-17-7-5-16(6-8-17)20(24)23-22-13-15-4-9-19(25-3)18(21)12-15/h4-9,12-14H,10-11H2,1-3H3,(H,23,24)/b22-13-. The van der Waals surface area contributed by atoms with E-state index in [1.165, 1.54) is 25.5 Å². The topological polar surface area (TPSA) is 59.9 Å². The van der Waals surface area contributed by atoms with Gasteiger partial charge in [0.15, 0.2) is 11.6 Å². The van der Waals surface area contributed by atoms with Crippen molar-refractivity contribution in [1.82, 2.24) is 5.43 Å². The lowest BCUT2D eigenvalue weighted by Gasteiger charge is -2.08. The van der Waals surface area contributed by atoms with Crippen LogP contribution in [0.5, 0.6) is 11.5 Å². The van der Waals surface area contributed by atoms with E-state index in [0.29, 0.717) is 23.7 Å². The minimum atomic E-state index is -0.490. The van der Waals surface area contributed by atoms with Crippen molar-refractivity contribution >= 4 is 12.1 Å². The van der Waals surface area contributed by atoms with Crippen molar-refractivity contribution in [3.63, 3.8) is 0 Å². The molecular formula is C20H23FN2O3. The highest BCUT2D eigenvalue weighted by Gasteiger charge is 2.05. The average molecular weight is 358 g/mol. The first kappa shape index (κ1) is 19.4. The molecule has 0 saturated heterocycles. The Hall–Kier alpha value is -2.89. The molecular weight excluding hydrogens is 335 g/mol. The first-order valence-electron chi connectivity index (χ1n) is 8.39. The Morgan fingerprint density at radius 3 is 2.58 bits per heavy atom. The molecule has 0 saturated carbocycles. The Bertz CT molecular complexity index is 758. The molecule has 0 spiro atoms. The molecule has 6 heteroatoms. The number of methoxy groups -OCH3 is 1. The number of carbonyl (C=O) groups excluding carboxylic acids is 1. The van der Waals surface area contributed by atoms with Crippen molar-refractivity contribution in [2.45, 2.75) is 20.3 Å². The van der Waals surface area contributed by atoms with E-state index in [4.69, 9.17) is 9.47 Å². The molecule has 0 unspecified atom stereocenters. The molecule has 1 amide bonds. The Balaban J connectivity index is 1.88. The number of halogens is 1. The van der Waals surface area contributed by atoms with E-state index in [9.17, 15) is 9.18 Å². The molecule has 2 aromatic rings. The number of hydrazone groups is 1.